The predicted molar refractivity (Wildman–Crippen MR) is 66.6 cm³/mol. The summed E-state index contributed by atoms with van der Waals surface area (Å²) in [7, 11) is 0. The molecule has 0 saturated carbocycles. The van der Waals surface area contributed by atoms with Crippen LogP contribution in [0.2, 0.25) is 0 Å². The monoisotopic (exact) mass is 227 g/mol. The summed E-state index contributed by atoms with van der Waals surface area (Å²) >= 11 is 0. The molecule has 94 valence electrons. The van der Waals surface area contributed by atoms with Crippen LogP contribution in [0.15, 0.2) is 5.16 Å². The maximum atomic E-state index is 8.69. The lowest BCUT2D eigenvalue weighted by molar-refractivity contribution is 0.177. The molecule has 1 heterocycles. The van der Waals surface area contributed by atoms with Gasteiger partial charge in [0.05, 0.1) is 0 Å². The topological polar surface area (TPSA) is 61.8 Å². The van der Waals surface area contributed by atoms with Crippen LogP contribution in [0.1, 0.15) is 40.0 Å². The number of nitrogens with zero attached hydrogens (tertiary/aromatic N) is 2. The fourth-order valence-corrected chi connectivity index (χ4v) is 1.99. The van der Waals surface area contributed by atoms with Gasteiger partial charge in [-0.25, -0.2) is 0 Å². The first kappa shape index (κ1) is 13.3. The minimum Gasteiger partial charge on any atom is -0.409 e. The van der Waals surface area contributed by atoms with Crippen molar-refractivity contribution in [3.05, 3.63) is 0 Å². The first-order valence-electron chi connectivity index (χ1n) is 6.16. The van der Waals surface area contributed by atoms with E-state index in [4.69, 9.17) is 10.9 Å². The summed E-state index contributed by atoms with van der Waals surface area (Å²) in [6, 6.07) is 0. The summed E-state index contributed by atoms with van der Waals surface area (Å²) in [6.07, 6.45) is 3.53. The fourth-order valence-electron chi connectivity index (χ4n) is 1.99. The molecule has 1 aliphatic rings. The van der Waals surface area contributed by atoms with Crippen LogP contribution in [0.5, 0.6) is 0 Å². The van der Waals surface area contributed by atoms with E-state index in [2.05, 4.69) is 17.0 Å². The molecule has 0 aromatic heterocycles. The molecule has 0 spiro atoms. The van der Waals surface area contributed by atoms with Crippen LogP contribution in [0.3, 0.4) is 0 Å². The second-order valence-electron chi connectivity index (χ2n) is 5.64. The van der Waals surface area contributed by atoms with Crippen LogP contribution >= 0.6 is 0 Å². The van der Waals surface area contributed by atoms with Gasteiger partial charge in [0.15, 0.2) is 0 Å². The van der Waals surface area contributed by atoms with Crippen LogP contribution in [0.25, 0.3) is 0 Å². The first-order valence-corrected chi connectivity index (χ1v) is 6.16. The lowest BCUT2D eigenvalue weighted by atomic mass is 9.87. The van der Waals surface area contributed by atoms with Crippen molar-refractivity contribution in [3.63, 3.8) is 0 Å². The van der Waals surface area contributed by atoms with Gasteiger partial charge in [-0.1, -0.05) is 25.9 Å². The summed E-state index contributed by atoms with van der Waals surface area (Å²) in [6.45, 7) is 9.78. The summed E-state index contributed by atoms with van der Waals surface area (Å²) in [5.74, 6) is 1.20. The van der Waals surface area contributed by atoms with E-state index in [1.807, 2.05) is 13.8 Å². The van der Waals surface area contributed by atoms with Crippen molar-refractivity contribution >= 4 is 5.84 Å². The fraction of sp³-hybridized carbons (Fsp3) is 0.917. The molecule has 1 aliphatic heterocycles. The smallest absolute Gasteiger partial charge is 0.144 e. The van der Waals surface area contributed by atoms with E-state index in [0.717, 1.165) is 18.9 Å². The van der Waals surface area contributed by atoms with Gasteiger partial charge in [-0.2, -0.15) is 0 Å². The third-order valence-corrected chi connectivity index (χ3v) is 3.73. The zero-order valence-corrected chi connectivity index (χ0v) is 10.7. The number of rotatable bonds is 4. The van der Waals surface area contributed by atoms with E-state index < -0.39 is 0 Å². The minimum atomic E-state index is -0.211. The Labute approximate surface area is 98.5 Å². The Morgan fingerprint density at radius 2 is 2.00 bits per heavy atom. The largest absolute Gasteiger partial charge is 0.409 e. The standard InChI is InChI=1S/C12H25N3O/c1-10-4-7-15(8-5-10)9-6-12(2,3)11(13)14-16/h10,16H,4-9H2,1-3H3,(H2,13,14). The molecule has 1 fully saturated rings. The molecule has 0 atom stereocenters. The highest BCUT2D eigenvalue weighted by atomic mass is 16.4. The van der Waals surface area contributed by atoms with Crippen molar-refractivity contribution in [2.24, 2.45) is 22.2 Å². The van der Waals surface area contributed by atoms with E-state index in [1.165, 1.54) is 25.9 Å². The molecule has 0 aromatic carbocycles. The van der Waals surface area contributed by atoms with E-state index >= 15 is 0 Å². The summed E-state index contributed by atoms with van der Waals surface area (Å²) in [4.78, 5) is 2.48. The Hall–Kier alpha value is -0.770. The molecule has 4 heteroatoms. The molecule has 0 amide bonds. The van der Waals surface area contributed by atoms with Crippen molar-refractivity contribution in [1.82, 2.24) is 4.90 Å². The molecule has 1 saturated heterocycles. The average Bonchev–Trinajstić information content (AvgIpc) is 2.27. The van der Waals surface area contributed by atoms with E-state index in [1.54, 1.807) is 0 Å². The molecule has 1 rings (SSSR count). The number of amidine groups is 1. The Morgan fingerprint density at radius 3 is 2.50 bits per heavy atom. The maximum Gasteiger partial charge on any atom is 0.144 e. The first-order chi connectivity index (χ1) is 7.45. The van der Waals surface area contributed by atoms with Crippen LogP contribution in [-0.2, 0) is 0 Å². The molecule has 4 nitrogen and oxygen atoms in total. The lowest BCUT2D eigenvalue weighted by Gasteiger charge is -2.33. The van der Waals surface area contributed by atoms with Crippen LogP contribution in [0, 0.1) is 11.3 Å². The second-order valence-corrected chi connectivity index (χ2v) is 5.64. The minimum absolute atomic E-state index is 0.211. The zero-order valence-electron chi connectivity index (χ0n) is 10.7. The van der Waals surface area contributed by atoms with Gasteiger partial charge in [0, 0.05) is 5.41 Å². The van der Waals surface area contributed by atoms with Crippen molar-refractivity contribution in [3.8, 4) is 0 Å². The number of nitrogens with two attached hydrogens (primary N) is 1. The Morgan fingerprint density at radius 1 is 1.44 bits per heavy atom. The Balaban J connectivity index is 2.34. The van der Waals surface area contributed by atoms with E-state index in [9.17, 15) is 0 Å². The van der Waals surface area contributed by atoms with Gasteiger partial charge < -0.3 is 15.8 Å². The normalized spacial score (nSPS) is 21.3. The predicted octanol–water partition coefficient (Wildman–Crippen LogP) is 1.88. The lowest BCUT2D eigenvalue weighted by Crippen LogP contribution is -2.39. The summed E-state index contributed by atoms with van der Waals surface area (Å²) < 4.78 is 0. The van der Waals surface area contributed by atoms with Gasteiger partial charge in [0.2, 0.25) is 0 Å². The molecule has 0 aliphatic carbocycles. The van der Waals surface area contributed by atoms with E-state index in [-0.39, 0.29) is 5.41 Å². The van der Waals surface area contributed by atoms with Crippen LogP contribution in [-0.4, -0.2) is 35.6 Å². The Bertz CT molecular complexity index is 243. The molecular weight excluding hydrogens is 202 g/mol. The number of hydrogen-bond acceptors (Lipinski definition) is 3. The van der Waals surface area contributed by atoms with Crippen LogP contribution in [0.4, 0.5) is 0 Å². The third kappa shape index (κ3) is 3.67. The van der Waals surface area contributed by atoms with Gasteiger partial charge in [0.1, 0.15) is 5.84 Å². The SMILES string of the molecule is CC1CCN(CCC(C)(C)C(N)=NO)CC1. The van der Waals surface area contributed by atoms with Gasteiger partial charge in [-0.15, -0.1) is 0 Å². The maximum absolute atomic E-state index is 8.69. The van der Waals surface area contributed by atoms with Crippen molar-refractivity contribution < 1.29 is 5.21 Å². The van der Waals surface area contributed by atoms with Gasteiger partial charge >= 0.3 is 0 Å². The zero-order chi connectivity index (χ0) is 12.2. The molecule has 0 aromatic rings. The number of oxime groups is 1. The van der Waals surface area contributed by atoms with Crippen molar-refractivity contribution in [2.45, 2.75) is 40.0 Å². The van der Waals surface area contributed by atoms with Gasteiger partial charge in [0.25, 0.3) is 0 Å². The third-order valence-electron chi connectivity index (χ3n) is 3.73. The molecule has 0 unspecified atom stereocenters. The van der Waals surface area contributed by atoms with E-state index in [0.29, 0.717) is 5.84 Å². The van der Waals surface area contributed by atoms with Gasteiger partial charge in [-0.3, -0.25) is 0 Å². The number of piperidine rings is 1. The molecular formula is C12H25N3O. The average molecular weight is 227 g/mol. The number of hydrogen-bond donors (Lipinski definition) is 2. The molecule has 3 N–H and O–H groups in total. The summed E-state index contributed by atoms with van der Waals surface area (Å²) in [5, 5.41) is 11.8. The molecule has 0 bridgehead atoms. The second kappa shape index (κ2) is 5.53. The highest BCUT2D eigenvalue weighted by molar-refractivity contribution is 5.85. The van der Waals surface area contributed by atoms with Crippen molar-refractivity contribution in [1.29, 1.82) is 0 Å². The molecule has 16 heavy (non-hydrogen) atoms. The number of likely N-dealkylation sites (tertiary alicyclic amines) is 1. The Kier molecular flexibility index (Phi) is 4.59. The highest BCUT2D eigenvalue weighted by Crippen LogP contribution is 2.23. The molecule has 0 radical (unpaired) electrons. The van der Waals surface area contributed by atoms with Crippen molar-refractivity contribution in [2.75, 3.05) is 19.6 Å². The van der Waals surface area contributed by atoms with Crippen LogP contribution < -0.4 is 5.73 Å². The quantitative estimate of drug-likeness (QED) is 0.333. The highest BCUT2D eigenvalue weighted by Gasteiger charge is 2.25. The summed E-state index contributed by atoms with van der Waals surface area (Å²) in [5.41, 5.74) is 5.46. The van der Waals surface area contributed by atoms with Gasteiger partial charge in [-0.05, 0) is 44.8 Å².